The van der Waals surface area contributed by atoms with E-state index < -0.39 is 65.4 Å². The zero-order chi connectivity index (χ0) is 25.6. The molecule has 0 N–H and O–H groups in total. The molecule has 0 fully saturated rings. The molecule has 0 aliphatic rings. The van der Waals surface area contributed by atoms with Crippen molar-refractivity contribution < 1.29 is 66.6 Å². The van der Waals surface area contributed by atoms with E-state index in [-0.39, 0.29) is 5.02 Å². The van der Waals surface area contributed by atoms with E-state index in [0.29, 0.717) is 0 Å². The second kappa shape index (κ2) is 8.61. The molecule has 1 aromatic carbocycles. The van der Waals surface area contributed by atoms with Gasteiger partial charge in [0.15, 0.2) is 0 Å². The average Bonchev–Trinajstić information content (AvgIpc) is 2.61. The summed E-state index contributed by atoms with van der Waals surface area (Å²) < 4.78 is 173. The van der Waals surface area contributed by atoms with Crippen molar-refractivity contribution in [2.24, 2.45) is 0 Å². The van der Waals surface area contributed by atoms with Crippen LogP contribution in [-0.2, 0) is 4.74 Å². The molecule has 0 aliphatic carbocycles. The summed E-state index contributed by atoms with van der Waals surface area (Å²) in [6.07, 6.45) is -10.2. The van der Waals surface area contributed by atoms with E-state index in [1.54, 1.807) is 0 Å². The highest BCUT2D eigenvalue weighted by Gasteiger charge is 2.90. The van der Waals surface area contributed by atoms with Crippen LogP contribution < -0.4 is 0 Å². The van der Waals surface area contributed by atoms with Crippen LogP contribution in [0.25, 0.3) is 0 Å². The van der Waals surface area contributed by atoms with Crippen LogP contribution in [0, 0.1) is 0 Å². The Morgan fingerprint density at radius 3 is 1.69 bits per heavy atom. The number of carbonyl (C=O) groups excluding carboxylic acids is 1. The van der Waals surface area contributed by atoms with Crippen LogP contribution in [0.15, 0.2) is 18.2 Å². The van der Waals surface area contributed by atoms with Crippen LogP contribution in [-0.4, -0.2) is 48.4 Å². The van der Waals surface area contributed by atoms with Crippen molar-refractivity contribution in [1.82, 2.24) is 0 Å². The van der Waals surface area contributed by atoms with E-state index in [0.717, 1.165) is 18.2 Å². The molecule has 184 valence electrons. The van der Waals surface area contributed by atoms with Gasteiger partial charge in [0.1, 0.15) is 0 Å². The molecular weight excluding hydrogens is 530 g/mol. The lowest BCUT2D eigenvalue weighted by Gasteiger charge is -2.39. The van der Waals surface area contributed by atoms with E-state index in [1.807, 2.05) is 0 Å². The monoisotopic (exact) mass is 536 g/mol. The Morgan fingerprint density at radius 2 is 1.22 bits per heavy atom. The van der Waals surface area contributed by atoms with Gasteiger partial charge in [0.05, 0.1) is 23.6 Å². The first-order valence-electron chi connectivity index (χ1n) is 7.62. The second-order valence-electron chi connectivity index (χ2n) is 6.01. The standard InChI is InChI=1S/C15H7Cl2F13O2/c16-6-1-2-8(17)7(5-6)9(31)32-4-3-10(18,19)11(20,21)12(22,23)13(24,25)14(26,27)15(28,29)30/h1-2,5H,3-4H2. The second-order valence-corrected chi connectivity index (χ2v) is 6.85. The Kier molecular flexibility index (Phi) is 7.64. The van der Waals surface area contributed by atoms with Crippen molar-refractivity contribution in [2.45, 2.75) is 42.2 Å². The minimum Gasteiger partial charge on any atom is -0.462 e. The maximum atomic E-state index is 13.6. The van der Waals surface area contributed by atoms with Crippen LogP contribution in [0.4, 0.5) is 57.1 Å². The average molecular weight is 537 g/mol. The van der Waals surface area contributed by atoms with Gasteiger partial charge in [-0.25, -0.2) is 4.79 Å². The summed E-state index contributed by atoms with van der Waals surface area (Å²) in [5, 5.41) is -0.539. The number of hydrogen-bond donors (Lipinski definition) is 0. The Bertz CT molecular complexity index is 852. The van der Waals surface area contributed by atoms with Crippen molar-refractivity contribution in [2.75, 3.05) is 6.61 Å². The zero-order valence-electron chi connectivity index (χ0n) is 14.6. The van der Waals surface area contributed by atoms with E-state index in [9.17, 15) is 61.9 Å². The van der Waals surface area contributed by atoms with Crippen LogP contribution in [0.2, 0.25) is 10.0 Å². The third kappa shape index (κ3) is 4.68. The minimum atomic E-state index is -7.99. The van der Waals surface area contributed by atoms with Crippen LogP contribution in [0.1, 0.15) is 16.8 Å². The fourth-order valence-corrected chi connectivity index (χ4v) is 2.33. The molecule has 0 spiro atoms. The van der Waals surface area contributed by atoms with Gasteiger partial charge in [-0.15, -0.1) is 0 Å². The van der Waals surface area contributed by atoms with Gasteiger partial charge < -0.3 is 4.74 Å². The fourth-order valence-electron chi connectivity index (χ4n) is 1.96. The van der Waals surface area contributed by atoms with Gasteiger partial charge >= 0.3 is 41.8 Å². The molecule has 1 rings (SSSR count). The molecule has 0 unspecified atom stereocenters. The highest BCUT2D eigenvalue weighted by atomic mass is 35.5. The van der Waals surface area contributed by atoms with Crippen molar-refractivity contribution in [1.29, 1.82) is 0 Å². The van der Waals surface area contributed by atoms with Crippen molar-refractivity contribution in [3.8, 4) is 0 Å². The molecular formula is C15H7Cl2F13O2. The Labute approximate surface area is 179 Å². The van der Waals surface area contributed by atoms with Gasteiger partial charge in [-0.2, -0.15) is 57.1 Å². The number of alkyl halides is 13. The maximum absolute atomic E-state index is 13.6. The topological polar surface area (TPSA) is 26.3 Å². The minimum absolute atomic E-state index is 0.148. The van der Waals surface area contributed by atoms with Gasteiger partial charge in [-0.1, -0.05) is 23.2 Å². The molecule has 2 nitrogen and oxygen atoms in total. The summed E-state index contributed by atoms with van der Waals surface area (Å²) >= 11 is 11.1. The predicted octanol–water partition coefficient (Wildman–Crippen LogP) is 7.28. The van der Waals surface area contributed by atoms with Crippen molar-refractivity contribution in [3.63, 3.8) is 0 Å². The summed E-state index contributed by atoms with van der Waals surface area (Å²) in [5.41, 5.74) is -0.615. The maximum Gasteiger partial charge on any atom is 0.460 e. The van der Waals surface area contributed by atoms with E-state index in [2.05, 4.69) is 4.74 Å². The Hall–Kier alpha value is -1.64. The first-order valence-corrected chi connectivity index (χ1v) is 8.38. The molecule has 17 heteroatoms. The molecule has 0 saturated heterocycles. The summed E-state index contributed by atoms with van der Waals surface area (Å²) in [7, 11) is 0. The number of benzene rings is 1. The highest BCUT2D eigenvalue weighted by molar-refractivity contribution is 6.35. The number of hydrogen-bond acceptors (Lipinski definition) is 2. The van der Waals surface area contributed by atoms with Gasteiger partial charge in [-0.05, 0) is 18.2 Å². The molecule has 0 amide bonds. The first kappa shape index (κ1) is 28.4. The summed E-state index contributed by atoms with van der Waals surface area (Å²) in [5.74, 6) is -39.1. The van der Waals surface area contributed by atoms with Gasteiger partial charge in [0.2, 0.25) is 0 Å². The largest absolute Gasteiger partial charge is 0.462 e. The van der Waals surface area contributed by atoms with Gasteiger partial charge in [-0.3, -0.25) is 0 Å². The lowest BCUT2D eigenvalue weighted by molar-refractivity contribution is -0.440. The van der Waals surface area contributed by atoms with E-state index in [1.165, 1.54) is 0 Å². The molecule has 0 radical (unpaired) electrons. The number of rotatable bonds is 8. The van der Waals surface area contributed by atoms with Crippen molar-refractivity contribution in [3.05, 3.63) is 33.8 Å². The lowest BCUT2D eigenvalue weighted by Crippen LogP contribution is -2.70. The summed E-state index contributed by atoms with van der Waals surface area (Å²) in [4.78, 5) is 11.7. The fraction of sp³-hybridized carbons (Fsp3) is 0.533. The van der Waals surface area contributed by atoms with E-state index >= 15 is 0 Å². The molecule has 0 aromatic heterocycles. The normalized spacial score (nSPS) is 14.5. The van der Waals surface area contributed by atoms with Crippen molar-refractivity contribution >= 4 is 29.2 Å². The van der Waals surface area contributed by atoms with Gasteiger partial charge in [0, 0.05) is 5.02 Å². The number of carbonyl (C=O) groups is 1. The number of halogens is 15. The van der Waals surface area contributed by atoms with Crippen LogP contribution >= 0.6 is 23.2 Å². The molecule has 0 bridgehead atoms. The quantitative estimate of drug-likeness (QED) is 0.258. The Morgan fingerprint density at radius 1 is 0.750 bits per heavy atom. The molecule has 1 aromatic rings. The third-order valence-corrected chi connectivity index (χ3v) is 4.36. The van der Waals surface area contributed by atoms with Crippen LogP contribution in [0.3, 0.4) is 0 Å². The molecule has 0 saturated carbocycles. The SMILES string of the molecule is O=C(OCCC(F)(F)C(F)(F)C(F)(F)C(F)(F)C(F)(F)C(F)(F)F)c1cc(Cl)ccc1Cl. The Balaban J connectivity index is 3.10. The molecule has 0 atom stereocenters. The highest BCUT2D eigenvalue weighted by Crippen LogP contribution is 2.60. The number of ether oxygens (including phenoxy) is 1. The number of esters is 1. The first-order chi connectivity index (χ1) is 14.0. The molecule has 0 aliphatic heterocycles. The third-order valence-electron chi connectivity index (χ3n) is 3.80. The summed E-state index contributed by atoms with van der Waals surface area (Å²) in [6, 6.07) is 2.97. The molecule has 32 heavy (non-hydrogen) atoms. The molecule has 0 heterocycles. The summed E-state index contributed by atoms with van der Waals surface area (Å²) in [6.45, 7) is -1.89. The van der Waals surface area contributed by atoms with Gasteiger partial charge in [0.25, 0.3) is 0 Å². The lowest BCUT2D eigenvalue weighted by atomic mass is 9.93. The zero-order valence-corrected chi connectivity index (χ0v) is 16.1. The van der Waals surface area contributed by atoms with Crippen LogP contribution in [0.5, 0.6) is 0 Å². The van der Waals surface area contributed by atoms with E-state index in [4.69, 9.17) is 23.2 Å². The predicted molar refractivity (Wildman–Crippen MR) is 82.2 cm³/mol. The smallest absolute Gasteiger partial charge is 0.460 e.